The van der Waals surface area contributed by atoms with Gasteiger partial charge in [-0.25, -0.2) is 4.79 Å². The number of hydrogen-bond acceptors (Lipinski definition) is 6. The predicted molar refractivity (Wildman–Crippen MR) is 84.2 cm³/mol. The Morgan fingerprint density at radius 1 is 1.48 bits per heavy atom. The summed E-state index contributed by atoms with van der Waals surface area (Å²) in [6, 6.07) is -1.06. The van der Waals surface area contributed by atoms with Crippen LogP contribution in [0.4, 0.5) is 0 Å². The van der Waals surface area contributed by atoms with Crippen molar-refractivity contribution in [3.63, 3.8) is 0 Å². The zero-order chi connectivity index (χ0) is 17.5. The van der Waals surface area contributed by atoms with Gasteiger partial charge in [0.1, 0.15) is 5.70 Å². The van der Waals surface area contributed by atoms with Gasteiger partial charge in [0.2, 0.25) is 11.8 Å². The van der Waals surface area contributed by atoms with Crippen molar-refractivity contribution in [2.75, 3.05) is 19.8 Å². The summed E-state index contributed by atoms with van der Waals surface area (Å²) in [7, 11) is 3.20. The second kappa shape index (κ2) is 6.50. The summed E-state index contributed by atoms with van der Waals surface area (Å²) in [6.45, 7) is 1.52. The maximum atomic E-state index is 12.1. The number of hydrogen-bond donors (Lipinski definition) is 3. The fraction of sp³-hybridized carbons (Fsp3) is 0.643. The number of nitrogens with zero attached hydrogens (tertiary/aromatic N) is 2. The van der Waals surface area contributed by atoms with E-state index in [4.69, 9.17) is 5.73 Å². The van der Waals surface area contributed by atoms with Crippen LogP contribution in [0.15, 0.2) is 10.6 Å². The number of amides is 2. The molecule has 1 unspecified atom stereocenters. The second-order valence-electron chi connectivity index (χ2n) is 5.97. The summed E-state index contributed by atoms with van der Waals surface area (Å²) < 4.78 is 0. The number of aliphatic carboxylic acids is 1. The molecule has 0 spiro atoms. The number of rotatable bonds is 6. The molecule has 0 aromatic carbocycles. The van der Waals surface area contributed by atoms with Gasteiger partial charge in [-0.15, -0.1) is 11.8 Å². The Labute approximate surface area is 138 Å². The Bertz CT molecular complexity index is 575. The maximum absolute atomic E-state index is 12.1. The van der Waals surface area contributed by atoms with Crippen LogP contribution in [0.25, 0.3) is 0 Å². The van der Waals surface area contributed by atoms with Crippen molar-refractivity contribution in [2.45, 2.75) is 31.5 Å². The monoisotopic (exact) mass is 343 g/mol. The minimum atomic E-state index is -1.18. The zero-order valence-electron chi connectivity index (χ0n) is 13.2. The van der Waals surface area contributed by atoms with Crippen LogP contribution in [0.5, 0.6) is 0 Å². The van der Waals surface area contributed by atoms with Crippen LogP contribution in [0.2, 0.25) is 0 Å². The van der Waals surface area contributed by atoms with E-state index in [1.165, 1.54) is 28.5 Å². The molecular formula is C14H21N3O5S. The molecule has 0 aliphatic carbocycles. The van der Waals surface area contributed by atoms with Crippen molar-refractivity contribution in [2.24, 2.45) is 11.7 Å². The van der Waals surface area contributed by atoms with E-state index in [-0.39, 0.29) is 29.3 Å². The first-order valence-corrected chi connectivity index (χ1v) is 8.22. The van der Waals surface area contributed by atoms with E-state index in [1.807, 2.05) is 0 Å². The molecule has 9 heteroatoms. The molecule has 1 fully saturated rings. The van der Waals surface area contributed by atoms with E-state index in [9.17, 15) is 24.6 Å². The molecule has 2 amide bonds. The standard InChI is InChI=1S/C14H21N3O5S/c1-6(18)10-8-4-9(11(14(21)22)17(8)13(10)20)23-5-7(15)12(19)16(2)3/h6-8,10,18H,4-5,15H2,1-3H3,(H,21,22)/t6-,7?,8+,10+/m0/s1. The zero-order valence-corrected chi connectivity index (χ0v) is 14.0. The first-order chi connectivity index (χ1) is 10.7. The van der Waals surface area contributed by atoms with E-state index in [0.29, 0.717) is 11.3 Å². The fourth-order valence-electron chi connectivity index (χ4n) is 2.95. The Hall–Kier alpha value is -1.58. The molecule has 0 radical (unpaired) electrons. The minimum Gasteiger partial charge on any atom is -0.477 e. The first-order valence-electron chi connectivity index (χ1n) is 7.24. The summed E-state index contributed by atoms with van der Waals surface area (Å²) in [4.78, 5) is 38.4. The number of fused-ring (bicyclic) bond motifs is 1. The largest absolute Gasteiger partial charge is 0.477 e. The normalized spacial score (nSPS) is 25.8. The molecule has 4 atom stereocenters. The molecular weight excluding hydrogens is 322 g/mol. The number of carbonyl (C=O) groups excluding carboxylic acids is 2. The van der Waals surface area contributed by atoms with Gasteiger partial charge in [0.15, 0.2) is 0 Å². The Balaban J connectivity index is 2.11. The fourth-order valence-corrected chi connectivity index (χ4v) is 4.09. The number of nitrogens with two attached hydrogens (primary N) is 1. The average Bonchev–Trinajstić information content (AvgIpc) is 2.77. The van der Waals surface area contributed by atoms with Crippen LogP contribution < -0.4 is 5.73 Å². The van der Waals surface area contributed by atoms with Gasteiger partial charge < -0.3 is 25.7 Å². The minimum absolute atomic E-state index is 0.0496. The number of carboxylic acids is 1. The van der Waals surface area contributed by atoms with Gasteiger partial charge in [-0.1, -0.05) is 0 Å². The topological polar surface area (TPSA) is 124 Å². The van der Waals surface area contributed by atoms with E-state index in [0.717, 1.165) is 0 Å². The van der Waals surface area contributed by atoms with E-state index < -0.39 is 24.0 Å². The highest BCUT2D eigenvalue weighted by Crippen LogP contribution is 2.47. The molecule has 0 bridgehead atoms. The highest BCUT2D eigenvalue weighted by atomic mass is 32.2. The van der Waals surface area contributed by atoms with Gasteiger partial charge in [-0.3, -0.25) is 9.59 Å². The maximum Gasteiger partial charge on any atom is 0.353 e. The summed E-state index contributed by atoms with van der Waals surface area (Å²) >= 11 is 1.19. The first kappa shape index (κ1) is 17.8. The number of carboxylic acid groups (broad SMARTS) is 1. The molecule has 8 nitrogen and oxygen atoms in total. The van der Waals surface area contributed by atoms with Crippen LogP contribution in [0.3, 0.4) is 0 Å². The van der Waals surface area contributed by atoms with Gasteiger partial charge in [0, 0.05) is 31.2 Å². The van der Waals surface area contributed by atoms with Gasteiger partial charge in [0.05, 0.1) is 24.1 Å². The van der Waals surface area contributed by atoms with Crippen LogP contribution >= 0.6 is 11.8 Å². The quantitative estimate of drug-likeness (QED) is 0.531. The smallest absolute Gasteiger partial charge is 0.353 e. The molecule has 128 valence electrons. The van der Waals surface area contributed by atoms with E-state index in [1.54, 1.807) is 14.1 Å². The summed E-state index contributed by atoms with van der Waals surface area (Å²) in [6.07, 6.45) is -0.447. The van der Waals surface area contributed by atoms with Crippen molar-refractivity contribution < 1.29 is 24.6 Å². The van der Waals surface area contributed by atoms with E-state index in [2.05, 4.69) is 0 Å². The Kier molecular flexibility index (Phi) is 5.02. The van der Waals surface area contributed by atoms with Crippen molar-refractivity contribution in [3.8, 4) is 0 Å². The van der Waals surface area contributed by atoms with Crippen LogP contribution in [0.1, 0.15) is 13.3 Å². The van der Waals surface area contributed by atoms with E-state index >= 15 is 0 Å². The highest BCUT2D eigenvalue weighted by Gasteiger charge is 2.56. The number of aliphatic hydroxyl groups is 1. The number of aliphatic hydroxyl groups excluding tert-OH is 1. The lowest BCUT2D eigenvalue weighted by atomic mass is 9.83. The highest BCUT2D eigenvalue weighted by molar-refractivity contribution is 8.03. The summed E-state index contributed by atoms with van der Waals surface area (Å²) in [5.74, 6) is -2.13. The van der Waals surface area contributed by atoms with Crippen LogP contribution in [-0.2, 0) is 14.4 Å². The molecule has 2 rings (SSSR count). The van der Waals surface area contributed by atoms with Crippen LogP contribution in [-0.4, -0.2) is 75.8 Å². The summed E-state index contributed by atoms with van der Waals surface area (Å²) in [5.41, 5.74) is 5.75. The molecule has 1 saturated heterocycles. The molecule has 2 aliphatic heterocycles. The Morgan fingerprint density at radius 2 is 2.09 bits per heavy atom. The lowest BCUT2D eigenvalue weighted by Crippen LogP contribution is -2.61. The van der Waals surface area contributed by atoms with Gasteiger partial charge in [-0.2, -0.15) is 0 Å². The number of carbonyl (C=O) groups is 3. The molecule has 2 heterocycles. The predicted octanol–water partition coefficient (Wildman–Crippen LogP) is -0.957. The molecule has 23 heavy (non-hydrogen) atoms. The van der Waals surface area contributed by atoms with Crippen molar-refractivity contribution in [3.05, 3.63) is 10.6 Å². The molecule has 2 aliphatic rings. The number of thioether (sulfide) groups is 1. The molecule has 0 aromatic heterocycles. The molecule has 0 aromatic rings. The third-order valence-electron chi connectivity index (χ3n) is 4.09. The molecule has 0 saturated carbocycles. The average molecular weight is 343 g/mol. The van der Waals surface area contributed by atoms with Crippen molar-refractivity contribution >= 4 is 29.5 Å². The Morgan fingerprint density at radius 3 is 2.57 bits per heavy atom. The van der Waals surface area contributed by atoms with Crippen molar-refractivity contribution in [1.29, 1.82) is 0 Å². The van der Waals surface area contributed by atoms with Crippen LogP contribution in [0, 0.1) is 5.92 Å². The lowest BCUT2D eigenvalue weighted by molar-refractivity contribution is -0.161. The third-order valence-corrected chi connectivity index (χ3v) is 5.32. The van der Waals surface area contributed by atoms with Gasteiger partial charge in [0.25, 0.3) is 0 Å². The summed E-state index contributed by atoms with van der Waals surface area (Å²) in [5, 5.41) is 19.0. The van der Waals surface area contributed by atoms with Gasteiger partial charge >= 0.3 is 5.97 Å². The molecule has 4 N–H and O–H groups in total. The number of β-lactam (4-membered cyclic amide) rings is 1. The third kappa shape index (κ3) is 3.08. The SMILES string of the molecule is C[C@H](O)[C@H]1C(=O)N2C(C(=O)O)=C(SCC(N)C(=O)N(C)C)C[C@H]12. The lowest BCUT2D eigenvalue weighted by Gasteiger charge is -2.44. The second-order valence-corrected chi connectivity index (χ2v) is 7.09. The van der Waals surface area contributed by atoms with Gasteiger partial charge in [-0.05, 0) is 6.92 Å². The van der Waals surface area contributed by atoms with Crippen molar-refractivity contribution in [1.82, 2.24) is 9.80 Å². The number of likely N-dealkylation sites (N-methyl/N-ethyl adjacent to an activating group) is 1.